The molecule has 3 aliphatic heterocycles. The molecule has 46 heavy (non-hydrogen) atoms. The Balaban J connectivity index is 1.42. The summed E-state index contributed by atoms with van der Waals surface area (Å²) in [4.78, 5) is 29.2. The average Bonchev–Trinajstić information content (AvgIpc) is 3.70. The first-order valence-corrected chi connectivity index (χ1v) is 15.5. The molecular weight excluding hydrogens is 594 g/mol. The van der Waals surface area contributed by atoms with Crippen LogP contribution in [0.5, 0.6) is 17.2 Å². The highest BCUT2D eigenvalue weighted by atomic mass is 16.7. The summed E-state index contributed by atoms with van der Waals surface area (Å²) in [6.45, 7) is -0.640. The van der Waals surface area contributed by atoms with E-state index in [1.54, 1.807) is 18.2 Å². The first-order chi connectivity index (χ1) is 22.3. The molecule has 3 aromatic rings. The molecule has 240 valence electrons. The summed E-state index contributed by atoms with van der Waals surface area (Å²) in [6, 6.07) is 10.4. The van der Waals surface area contributed by atoms with Crippen LogP contribution in [0, 0.1) is 12.0 Å². The monoisotopic (exact) mass is 629 g/mol. The minimum Gasteiger partial charge on any atom is -0.506 e. The predicted octanol–water partition coefficient (Wildman–Crippen LogP) is 2.77. The maximum Gasteiger partial charge on any atom is 0.254 e. The van der Waals surface area contributed by atoms with Crippen molar-refractivity contribution in [3.05, 3.63) is 64.2 Å². The number of rotatable bonds is 3. The lowest BCUT2D eigenvalue weighted by Gasteiger charge is -2.40. The van der Waals surface area contributed by atoms with Gasteiger partial charge in [-0.25, -0.2) is 0 Å². The van der Waals surface area contributed by atoms with Crippen LogP contribution in [0.15, 0.2) is 36.4 Å². The van der Waals surface area contributed by atoms with Crippen LogP contribution in [0.1, 0.15) is 69.0 Å². The topological polar surface area (TPSA) is 155 Å². The molecule has 4 aliphatic rings. The van der Waals surface area contributed by atoms with E-state index in [4.69, 9.17) is 18.9 Å². The molecule has 1 amide bonds. The summed E-state index contributed by atoms with van der Waals surface area (Å²) in [5, 5.41) is 44.8. The van der Waals surface area contributed by atoms with Crippen LogP contribution in [-0.2, 0) is 22.4 Å². The molecule has 1 aliphatic carbocycles. The van der Waals surface area contributed by atoms with Crippen LogP contribution in [0.4, 0.5) is 0 Å². The molecule has 3 heterocycles. The van der Waals surface area contributed by atoms with Gasteiger partial charge in [0.15, 0.2) is 18.0 Å². The number of aliphatic hydroxyl groups is 3. The molecule has 2 fully saturated rings. The van der Waals surface area contributed by atoms with E-state index in [9.17, 15) is 30.0 Å². The Hall–Kier alpha value is -4.34. The minimum atomic E-state index is -1.57. The fourth-order valence-corrected chi connectivity index (χ4v) is 7.20. The van der Waals surface area contributed by atoms with Crippen LogP contribution in [0.3, 0.4) is 0 Å². The zero-order chi connectivity index (χ0) is 32.1. The molecule has 0 aromatic heterocycles. The van der Waals surface area contributed by atoms with Gasteiger partial charge in [0.2, 0.25) is 6.29 Å². The fourth-order valence-electron chi connectivity index (χ4n) is 7.20. The molecule has 5 unspecified atom stereocenters. The number of carbonyl (C=O) groups is 2. The summed E-state index contributed by atoms with van der Waals surface area (Å²) >= 11 is 0. The number of aliphatic hydroxyl groups excluding tert-OH is 3. The quantitative estimate of drug-likeness (QED) is 0.318. The number of aromatic hydroxyl groups is 1. The zero-order valence-corrected chi connectivity index (χ0v) is 25.3. The number of amides is 1. The Kier molecular flexibility index (Phi) is 7.98. The van der Waals surface area contributed by atoms with Crippen molar-refractivity contribution in [2.45, 2.75) is 75.3 Å². The van der Waals surface area contributed by atoms with Crippen LogP contribution < -0.4 is 9.47 Å². The second-order valence-electron chi connectivity index (χ2n) is 12.3. The van der Waals surface area contributed by atoms with Gasteiger partial charge in [0.05, 0.1) is 31.2 Å². The van der Waals surface area contributed by atoms with Gasteiger partial charge < -0.3 is 44.3 Å². The van der Waals surface area contributed by atoms with Crippen molar-refractivity contribution in [1.29, 1.82) is 0 Å². The Morgan fingerprint density at radius 2 is 1.87 bits per heavy atom. The number of ketones is 1. The maximum absolute atomic E-state index is 14.2. The van der Waals surface area contributed by atoms with E-state index in [0.29, 0.717) is 22.3 Å². The Morgan fingerprint density at radius 3 is 2.63 bits per heavy atom. The maximum atomic E-state index is 14.2. The fraction of sp³-hybridized carbons (Fsp3) is 0.429. The van der Waals surface area contributed by atoms with Gasteiger partial charge in [-0.2, -0.15) is 0 Å². The van der Waals surface area contributed by atoms with Crippen LogP contribution in [-0.4, -0.2) is 88.0 Å². The van der Waals surface area contributed by atoms with Crippen molar-refractivity contribution in [1.82, 2.24) is 4.90 Å². The number of hydrogen-bond acceptors (Lipinski definition) is 10. The van der Waals surface area contributed by atoms with Gasteiger partial charge in [0.25, 0.3) is 5.91 Å². The van der Waals surface area contributed by atoms with Crippen molar-refractivity contribution in [3.8, 4) is 29.3 Å². The van der Waals surface area contributed by atoms with Gasteiger partial charge in [-0.05, 0) is 59.0 Å². The highest BCUT2D eigenvalue weighted by molar-refractivity contribution is 6.11. The standard InChI is InChI=1S/C35H35NO10/c1-43-21-12-20-13-23(18-6-2-3-7-18)29-25(38)16-36-15-24-19(8-4-10-22(24)34(36)42)9-5-11-44-33-30(39)27(17-37)46-35(32(33)41)45-26(14-21)28(20)31(29)40/h4,8,10,12-14,18,27,30,32-33,35,37,39-41H,2-3,6-7,9,15-17H2,1H3. The second kappa shape index (κ2) is 12.1. The van der Waals surface area contributed by atoms with Gasteiger partial charge in [0.1, 0.15) is 35.6 Å². The van der Waals surface area contributed by atoms with Gasteiger partial charge in [-0.1, -0.05) is 30.9 Å². The van der Waals surface area contributed by atoms with E-state index >= 15 is 0 Å². The van der Waals surface area contributed by atoms with Crippen LogP contribution in [0.25, 0.3) is 10.8 Å². The van der Waals surface area contributed by atoms with E-state index in [0.717, 1.165) is 36.8 Å². The first kappa shape index (κ1) is 30.3. The molecule has 6 bridgehead atoms. The molecule has 0 spiro atoms. The Labute approximate surface area is 265 Å². The number of phenols is 1. The Bertz CT molecular complexity index is 1770. The molecule has 4 N–H and O–H groups in total. The summed E-state index contributed by atoms with van der Waals surface area (Å²) in [5.74, 6) is 2.35. The molecule has 11 heteroatoms. The van der Waals surface area contributed by atoms with E-state index < -0.39 is 43.1 Å². The number of ether oxygens (including phenoxy) is 4. The summed E-state index contributed by atoms with van der Waals surface area (Å²) < 4.78 is 23.1. The van der Waals surface area contributed by atoms with E-state index in [-0.39, 0.29) is 53.8 Å². The van der Waals surface area contributed by atoms with Crippen LogP contribution >= 0.6 is 0 Å². The molecule has 3 aromatic carbocycles. The lowest BCUT2D eigenvalue weighted by molar-refractivity contribution is -0.276. The molecular formula is C35H35NO10. The van der Waals surface area contributed by atoms with Gasteiger partial charge >= 0.3 is 0 Å². The summed E-state index contributed by atoms with van der Waals surface area (Å²) in [7, 11) is 1.48. The van der Waals surface area contributed by atoms with Crippen molar-refractivity contribution >= 4 is 22.5 Å². The molecule has 0 radical (unpaired) electrons. The Morgan fingerprint density at radius 1 is 1.07 bits per heavy atom. The number of hydrogen-bond donors (Lipinski definition) is 4. The highest BCUT2D eigenvalue weighted by Crippen LogP contribution is 2.46. The number of benzene rings is 3. The number of Topliss-reactive ketones (excluding diaryl/α,β-unsaturated/α-hetero) is 1. The molecule has 7 rings (SSSR count). The van der Waals surface area contributed by atoms with Crippen molar-refractivity contribution in [2.75, 3.05) is 20.3 Å². The summed E-state index contributed by atoms with van der Waals surface area (Å²) in [6.07, 6.45) is -0.538. The van der Waals surface area contributed by atoms with Crippen molar-refractivity contribution in [2.24, 2.45) is 0 Å². The third kappa shape index (κ3) is 5.11. The van der Waals surface area contributed by atoms with Gasteiger partial charge in [-0.15, -0.1) is 0 Å². The molecule has 1 saturated heterocycles. The lowest BCUT2D eigenvalue weighted by atomic mass is 9.87. The number of methoxy groups -OCH3 is 1. The molecule has 11 nitrogen and oxygen atoms in total. The first-order valence-electron chi connectivity index (χ1n) is 15.5. The third-order valence-electron chi connectivity index (χ3n) is 9.57. The van der Waals surface area contributed by atoms with E-state index in [1.165, 1.54) is 18.1 Å². The van der Waals surface area contributed by atoms with E-state index in [1.807, 2.05) is 12.1 Å². The van der Waals surface area contributed by atoms with E-state index in [2.05, 4.69) is 12.0 Å². The van der Waals surface area contributed by atoms with Gasteiger partial charge in [0, 0.05) is 24.6 Å². The largest absolute Gasteiger partial charge is 0.506 e. The smallest absolute Gasteiger partial charge is 0.254 e. The van der Waals surface area contributed by atoms with Crippen molar-refractivity contribution < 1.29 is 49.0 Å². The van der Waals surface area contributed by atoms with Crippen molar-refractivity contribution in [3.63, 3.8) is 0 Å². The predicted molar refractivity (Wildman–Crippen MR) is 164 cm³/mol. The average molecular weight is 630 g/mol. The summed E-state index contributed by atoms with van der Waals surface area (Å²) in [5.41, 5.74) is 2.84. The highest BCUT2D eigenvalue weighted by Gasteiger charge is 2.47. The number of carbonyl (C=O) groups excluding carboxylic acids is 2. The third-order valence-corrected chi connectivity index (χ3v) is 9.57. The minimum absolute atomic E-state index is 0.0348. The SMILES string of the molecule is COc1cc2c3c(O)c(c(C4CCCC4)cc3c1)C(=O)CN1Cc3c(cccc3C1=O)CC#COC1C(O)C(CO)OC(O2)C1O. The number of nitrogens with zero attached hydrogens (tertiary/aromatic N) is 1. The second-order valence-corrected chi connectivity index (χ2v) is 12.3. The van der Waals surface area contributed by atoms with Gasteiger partial charge in [-0.3, -0.25) is 9.59 Å². The number of phenolic OH excluding ortho intramolecular Hbond substituents is 1. The van der Waals surface area contributed by atoms with Crippen LogP contribution in [0.2, 0.25) is 0 Å². The normalized spacial score (nSPS) is 26.3. The molecule has 1 saturated carbocycles. The molecule has 5 atom stereocenters. The zero-order valence-electron chi connectivity index (χ0n) is 25.3. The lowest BCUT2D eigenvalue weighted by Crippen LogP contribution is -2.60. The number of fused-ring (bicyclic) bond motifs is 4.